The molecule has 0 aliphatic carbocycles. The molecule has 0 spiro atoms. The van der Waals surface area contributed by atoms with Crippen LogP contribution >= 0.6 is 11.3 Å². The highest BCUT2D eigenvalue weighted by Gasteiger charge is 2.21. The Balaban J connectivity index is 2.13. The van der Waals surface area contributed by atoms with Crippen LogP contribution in [0.15, 0.2) is 36.5 Å². The van der Waals surface area contributed by atoms with E-state index in [0.29, 0.717) is 6.54 Å². The first-order valence-electron chi connectivity index (χ1n) is 7.32. The van der Waals surface area contributed by atoms with E-state index in [1.165, 1.54) is 9.75 Å². The molecule has 0 amide bonds. The van der Waals surface area contributed by atoms with E-state index in [2.05, 4.69) is 55.9 Å². The topological polar surface area (TPSA) is 42.2 Å². The van der Waals surface area contributed by atoms with Gasteiger partial charge in [0.15, 0.2) is 0 Å². The molecule has 2 heterocycles. The summed E-state index contributed by atoms with van der Waals surface area (Å²) >= 11 is 1.87. The third kappa shape index (κ3) is 4.13. The molecule has 2 rings (SSSR count). The van der Waals surface area contributed by atoms with Crippen LogP contribution in [-0.4, -0.2) is 23.5 Å². The summed E-state index contributed by atoms with van der Waals surface area (Å²) < 4.78 is 0. The molecule has 0 fully saturated rings. The lowest BCUT2D eigenvalue weighted by Gasteiger charge is -2.26. The highest BCUT2D eigenvalue weighted by Crippen LogP contribution is 2.34. The van der Waals surface area contributed by atoms with Crippen molar-refractivity contribution in [2.75, 3.05) is 13.6 Å². The molecule has 0 saturated heterocycles. The van der Waals surface area contributed by atoms with Crippen LogP contribution in [0, 0.1) is 0 Å². The van der Waals surface area contributed by atoms with Crippen molar-refractivity contribution in [3.8, 4) is 0 Å². The van der Waals surface area contributed by atoms with Crippen molar-refractivity contribution >= 4 is 11.3 Å². The number of nitrogens with zero attached hydrogens (tertiary/aromatic N) is 2. The summed E-state index contributed by atoms with van der Waals surface area (Å²) in [5.41, 5.74) is 7.29. The molecule has 114 valence electrons. The smallest absolute Gasteiger partial charge is 0.0565 e. The van der Waals surface area contributed by atoms with Crippen LogP contribution in [0.25, 0.3) is 0 Å². The molecule has 2 N–H and O–H groups in total. The monoisotopic (exact) mass is 303 g/mol. The molecule has 1 unspecified atom stereocenters. The normalized spacial score (nSPS) is 13.6. The van der Waals surface area contributed by atoms with E-state index in [9.17, 15) is 0 Å². The van der Waals surface area contributed by atoms with Gasteiger partial charge in [-0.25, -0.2) is 0 Å². The lowest BCUT2D eigenvalue weighted by atomic mass is 9.95. The van der Waals surface area contributed by atoms with Gasteiger partial charge in [-0.2, -0.15) is 0 Å². The summed E-state index contributed by atoms with van der Waals surface area (Å²) in [6.45, 7) is 8.17. The Hall–Kier alpha value is -1.23. The molecule has 3 nitrogen and oxygen atoms in total. The van der Waals surface area contributed by atoms with Gasteiger partial charge in [0.05, 0.1) is 11.7 Å². The number of likely N-dealkylation sites (N-methyl/N-ethyl adjacent to an activating group) is 1. The highest BCUT2D eigenvalue weighted by atomic mass is 32.1. The van der Waals surface area contributed by atoms with Crippen LogP contribution in [0.1, 0.15) is 42.3 Å². The lowest BCUT2D eigenvalue weighted by Crippen LogP contribution is -2.29. The van der Waals surface area contributed by atoms with Crippen LogP contribution in [0.4, 0.5) is 0 Å². The summed E-state index contributed by atoms with van der Waals surface area (Å²) in [5, 5.41) is 0. The van der Waals surface area contributed by atoms with Crippen LogP contribution in [0.5, 0.6) is 0 Å². The zero-order valence-electron chi connectivity index (χ0n) is 13.3. The van der Waals surface area contributed by atoms with E-state index in [4.69, 9.17) is 5.73 Å². The molecule has 0 saturated carbocycles. The van der Waals surface area contributed by atoms with E-state index in [0.717, 1.165) is 12.2 Å². The number of rotatable bonds is 5. The zero-order valence-corrected chi connectivity index (χ0v) is 14.2. The van der Waals surface area contributed by atoms with E-state index in [1.807, 2.05) is 29.7 Å². The van der Waals surface area contributed by atoms with E-state index in [-0.39, 0.29) is 11.5 Å². The fraction of sp³-hybridized carbons (Fsp3) is 0.471. The van der Waals surface area contributed by atoms with E-state index < -0.39 is 0 Å². The molecule has 2 aromatic rings. The molecule has 0 bridgehead atoms. The van der Waals surface area contributed by atoms with Crippen molar-refractivity contribution < 1.29 is 0 Å². The molecule has 4 heteroatoms. The van der Waals surface area contributed by atoms with Crippen molar-refractivity contribution in [3.05, 3.63) is 52.0 Å². The average molecular weight is 303 g/mol. The Labute approximate surface area is 131 Å². The van der Waals surface area contributed by atoms with E-state index in [1.54, 1.807) is 0 Å². The first-order valence-corrected chi connectivity index (χ1v) is 8.14. The number of thiophene rings is 1. The number of nitrogens with two attached hydrogens (primary N) is 1. The fourth-order valence-electron chi connectivity index (χ4n) is 2.31. The van der Waals surface area contributed by atoms with Gasteiger partial charge in [0.1, 0.15) is 0 Å². The maximum Gasteiger partial charge on any atom is 0.0565 e. The van der Waals surface area contributed by atoms with Gasteiger partial charge >= 0.3 is 0 Å². The third-order valence-corrected chi connectivity index (χ3v) is 5.20. The van der Waals surface area contributed by atoms with Crippen LogP contribution in [0.3, 0.4) is 0 Å². The minimum absolute atomic E-state index is 0.196. The molecule has 0 aromatic carbocycles. The van der Waals surface area contributed by atoms with Gasteiger partial charge in [-0.3, -0.25) is 9.88 Å². The molecular weight excluding hydrogens is 278 g/mol. The predicted octanol–water partition coefficient (Wildman–Crippen LogP) is 3.57. The molecule has 0 aliphatic heterocycles. The van der Waals surface area contributed by atoms with Gasteiger partial charge in [-0.15, -0.1) is 11.3 Å². The summed E-state index contributed by atoms with van der Waals surface area (Å²) in [6.07, 6.45) is 1.84. The summed E-state index contributed by atoms with van der Waals surface area (Å²) in [5.74, 6) is 0. The Bertz CT molecular complexity index is 557. The third-order valence-electron chi connectivity index (χ3n) is 3.59. The molecule has 0 aliphatic rings. The quantitative estimate of drug-likeness (QED) is 0.918. The van der Waals surface area contributed by atoms with Crippen LogP contribution < -0.4 is 5.73 Å². The van der Waals surface area contributed by atoms with Gasteiger partial charge in [0.25, 0.3) is 0 Å². The molecule has 0 radical (unpaired) electrons. The lowest BCUT2D eigenvalue weighted by molar-refractivity contribution is 0.242. The SMILES string of the molecule is CN(Cc1ccccn1)C(CN)c1ccc(C(C)(C)C)s1. The fourth-order valence-corrected chi connectivity index (χ4v) is 3.55. The maximum atomic E-state index is 6.02. The Morgan fingerprint density at radius 1 is 1.24 bits per heavy atom. The second-order valence-corrected chi connectivity index (χ2v) is 7.56. The standard InChI is InChI=1S/C17H25N3S/c1-17(2,3)16-9-8-15(21-16)14(11-18)20(4)12-13-7-5-6-10-19-13/h5-10,14H,11-12,18H2,1-4H3. The Morgan fingerprint density at radius 3 is 2.52 bits per heavy atom. The summed E-state index contributed by atoms with van der Waals surface area (Å²) in [6, 6.07) is 10.7. The van der Waals surface area contributed by atoms with Crippen molar-refractivity contribution in [3.63, 3.8) is 0 Å². The molecule has 2 aromatic heterocycles. The molecule has 21 heavy (non-hydrogen) atoms. The Kier molecular flexibility index (Phi) is 5.14. The first kappa shape index (κ1) is 16.1. The summed E-state index contributed by atoms with van der Waals surface area (Å²) in [7, 11) is 2.11. The van der Waals surface area contributed by atoms with Gasteiger partial charge in [0.2, 0.25) is 0 Å². The van der Waals surface area contributed by atoms with Gasteiger partial charge < -0.3 is 5.73 Å². The second-order valence-electron chi connectivity index (χ2n) is 6.44. The van der Waals surface area contributed by atoms with Gasteiger partial charge in [-0.05, 0) is 36.7 Å². The zero-order chi connectivity index (χ0) is 15.5. The Morgan fingerprint density at radius 2 is 2.00 bits per heavy atom. The van der Waals surface area contributed by atoms with Gasteiger partial charge in [0, 0.05) is 29.0 Å². The van der Waals surface area contributed by atoms with Crippen molar-refractivity contribution in [1.29, 1.82) is 0 Å². The number of hydrogen-bond acceptors (Lipinski definition) is 4. The first-order chi connectivity index (χ1) is 9.91. The molecule has 1 atom stereocenters. The number of pyridine rings is 1. The van der Waals surface area contributed by atoms with Crippen molar-refractivity contribution in [1.82, 2.24) is 9.88 Å². The maximum absolute atomic E-state index is 6.02. The minimum atomic E-state index is 0.196. The van der Waals surface area contributed by atoms with E-state index >= 15 is 0 Å². The number of hydrogen-bond donors (Lipinski definition) is 1. The van der Waals surface area contributed by atoms with Crippen LogP contribution in [-0.2, 0) is 12.0 Å². The highest BCUT2D eigenvalue weighted by molar-refractivity contribution is 7.12. The molecular formula is C17H25N3S. The largest absolute Gasteiger partial charge is 0.329 e. The predicted molar refractivity (Wildman–Crippen MR) is 90.5 cm³/mol. The van der Waals surface area contributed by atoms with Crippen molar-refractivity contribution in [2.24, 2.45) is 5.73 Å². The van der Waals surface area contributed by atoms with Gasteiger partial charge in [-0.1, -0.05) is 26.8 Å². The van der Waals surface area contributed by atoms with Crippen LogP contribution in [0.2, 0.25) is 0 Å². The van der Waals surface area contributed by atoms with Crippen molar-refractivity contribution in [2.45, 2.75) is 38.8 Å². The minimum Gasteiger partial charge on any atom is -0.329 e. The average Bonchev–Trinajstić information content (AvgIpc) is 2.90. The second kappa shape index (κ2) is 6.69. The number of aromatic nitrogens is 1. The summed E-state index contributed by atoms with van der Waals surface area (Å²) in [4.78, 5) is 9.41.